The van der Waals surface area contributed by atoms with Gasteiger partial charge in [-0.25, -0.2) is 0 Å². The molecule has 3 nitrogen and oxygen atoms in total. The van der Waals surface area contributed by atoms with E-state index in [1.165, 1.54) is 0 Å². The Morgan fingerprint density at radius 1 is 1.56 bits per heavy atom. The number of carbonyl (C=O) groups excluding carboxylic acids is 1. The van der Waals surface area contributed by atoms with Gasteiger partial charge in [0.25, 0.3) is 0 Å². The van der Waals surface area contributed by atoms with Crippen LogP contribution in [-0.2, 0) is 4.79 Å². The van der Waals surface area contributed by atoms with E-state index in [9.17, 15) is 9.90 Å². The number of amides is 1. The lowest BCUT2D eigenvalue weighted by atomic mass is 10.0. The van der Waals surface area contributed by atoms with Crippen LogP contribution in [0.4, 0.5) is 0 Å². The third kappa shape index (κ3) is 5.31. The highest BCUT2D eigenvalue weighted by Gasteiger charge is 2.14. The maximum Gasteiger partial charge on any atom is 0.220 e. The van der Waals surface area contributed by atoms with Crippen molar-refractivity contribution >= 4 is 5.91 Å². The van der Waals surface area contributed by atoms with Gasteiger partial charge in [-0.2, -0.15) is 0 Å². The molecule has 0 radical (unpaired) electrons. The minimum Gasteiger partial charge on any atom is -0.391 e. The van der Waals surface area contributed by atoms with Gasteiger partial charge in [0.15, 0.2) is 0 Å². The second-order valence-corrected chi connectivity index (χ2v) is 5.06. The second kappa shape index (κ2) is 6.69. The molecule has 0 bridgehead atoms. The number of nitrogens with one attached hydrogen (secondary N) is 1. The molecule has 0 saturated heterocycles. The summed E-state index contributed by atoms with van der Waals surface area (Å²) in [6, 6.07) is 0. The van der Waals surface area contributed by atoms with Crippen LogP contribution in [0.25, 0.3) is 0 Å². The molecule has 0 fully saturated rings. The lowest BCUT2D eigenvalue weighted by molar-refractivity contribution is -0.122. The smallest absolute Gasteiger partial charge is 0.220 e. The summed E-state index contributed by atoms with van der Waals surface area (Å²) in [6.45, 7) is 4.51. The Morgan fingerprint density at radius 2 is 2.31 bits per heavy atom. The van der Waals surface area contributed by atoms with Crippen molar-refractivity contribution in [1.29, 1.82) is 0 Å². The van der Waals surface area contributed by atoms with E-state index in [-0.39, 0.29) is 5.91 Å². The maximum absolute atomic E-state index is 11.5. The zero-order valence-corrected chi connectivity index (χ0v) is 10.3. The van der Waals surface area contributed by atoms with Gasteiger partial charge in [-0.05, 0) is 31.1 Å². The van der Waals surface area contributed by atoms with Crippen molar-refractivity contribution in [2.75, 3.05) is 6.54 Å². The van der Waals surface area contributed by atoms with E-state index in [2.05, 4.69) is 31.3 Å². The van der Waals surface area contributed by atoms with Crippen LogP contribution in [0.1, 0.15) is 39.5 Å². The summed E-state index contributed by atoms with van der Waals surface area (Å²) in [7, 11) is 0. The predicted octanol–water partition coefficient (Wildman–Crippen LogP) is 1.87. The quantitative estimate of drug-likeness (QED) is 0.678. The first-order valence-corrected chi connectivity index (χ1v) is 6.19. The predicted molar refractivity (Wildman–Crippen MR) is 65.0 cm³/mol. The van der Waals surface area contributed by atoms with Crippen LogP contribution >= 0.6 is 0 Å². The number of hydrogen-bond donors (Lipinski definition) is 2. The summed E-state index contributed by atoms with van der Waals surface area (Å²) < 4.78 is 0. The molecule has 0 aromatic rings. The van der Waals surface area contributed by atoms with Gasteiger partial charge in [0, 0.05) is 13.0 Å². The monoisotopic (exact) mass is 225 g/mol. The molecule has 2 atom stereocenters. The Kier molecular flexibility index (Phi) is 5.53. The number of aliphatic hydroxyl groups is 1. The van der Waals surface area contributed by atoms with Gasteiger partial charge in [-0.3, -0.25) is 4.79 Å². The topological polar surface area (TPSA) is 49.3 Å². The molecule has 92 valence electrons. The van der Waals surface area contributed by atoms with Crippen molar-refractivity contribution in [3.8, 4) is 0 Å². The molecular weight excluding hydrogens is 202 g/mol. The first-order chi connectivity index (χ1) is 7.58. The highest BCUT2D eigenvalue weighted by molar-refractivity contribution is 5.76. The summed E-state index contributed by atoms with van der Waals surface area (Å²) in [5.41, 5.74) is 0. The van der Waals surface area contributed by atoms with Gasteiger partial charge in [0.1, 0.15) is 0 Å². The van der Waals surface area contributed by atoms with Crippen LogP contribution in [-0.4, -0.2) is 23.7 Å². The lowest BCUT2D eigenvalue weighted by Crippen LogP contribution is -2.33. The Morgan fingerprint density at radius 3 is 2.88 bits per heavy atom. The Balaban J connectivity index is 2.12. The van der Waals surface area contributed by atoms with Crippen LogP contribution in [0, 0.1) is 11.8 Å². The number of aliphatic hydroxyl groups excluding tert-OH is 1. The second-order valence-electron chi connectivity index (χ2n) is 5.06. The number of hydrogen-bond acceptors (Lipinski definition) is 2. The molecule has 1 aliphatic rings. The first-order valence-electron chi connectivity index (χ1n) is 6.19. The van der Waals surface area contributed by atoms with Gasteiger partial charge in [0.2, 0.25) is 5.91 Å². The molecular formula is C13H23NO2. The lowest BCUT2D eigenvalue weighted by Gasteiger charge is -2.14. The van der Waals surface area contributed by atoms with E-state index in [4.69, 9.17) is 0 Å². The summed E-state index contributed by atoms with van der Waals surface area (Å²) in [5, 5.41) is 12.4. The highest BCUT2D eigenvalue weighted by atomic mass is 16.3. The van der Waals surface area contributed by atoms with Crippen molar-refractivity contribution in [1.82, 2.24) is 5.32 Å². The number of allylic oxidation sites excluding steroid dienone is 2. The van der Waals surface area contributed by atoms with Crippen LogP contribution in [0.3, 0.4) is 0 Å². The van der Waals surface area contributed by atoms with Crippen LogP contribution < -0.4 is 5.32 Å². The van der Waals surface area contributed by atoms with Crippen molar-refractivity contribution in [3.05, 3.63) is 12.2 Å². The van der Waals surface area contributed by atoms with Gasteiger partial charge in [-0.1, -0.05) is 26.0 Å². The highest BCUT2D eigenvalue weighted by Crippen LogP contribution is 2.19. The maximum atomic E-state index is 11.5. The zero-order valence-electron chi connectivity index (χ0n) is 10.3. The summed E-state index contributed by atoms with van der Waals surface area (Å²) in [5.74, 6) is 0.922. The third-order valence-corrected chi connectivity index (χ3v) is 2.84. The van der Waals surface area contributed by atoms with E-state index in [0.29, 0.717) is 24.8 Å². The molecule has 0 aliphatic heterocycles. The largest absolute Gasteiger partial charge is 0.391 e. The standard InChI is InChI=1S/C13H23NO2/c1-10(2)7-12(15)9-14-13(16)8-11-5-3-4-6-11/h3,5,10-12,15H,4,6-9H2,1-2H3,(H,14,16)/t11-,12+/m0/s1. The van der Waals surface area contributed by atoms with Gasteiger partial charge in [-0.15, -0.1) is 0 Å². The van der Waals surface area contributed by atoms with Gasteiger partial charge in [0.05, 0.1) is 6.10 Å². The van der Waals surface area contributed by atoms with Crippen molar-refractivity contribution in [3.63, 3.8) is 0 Å². The first kappa shape index (κ1) is 13.2. The van der Waals surface area contributed by atoms with E-state index in [1.807, 2.05) is 0 Å². The van der Waals surface area contributed by atoms with E-state index < -0.39 is 6.10 Å². The van der Waals surface area contributed by atoms with E-state index in [0.717, 1.165) is 19.3 Å². The summed E-state index contributed by atoms with van der Waals surface area (Å²) >= 11 is 0. The molecule has 1 amide bonds. The fraction of sp³-hybridized carbons (Fsp3) is 0.769. The molecule has 1 rings (SSSR count). The molecule has 0 spiro atoms. The van der Waals surface area contributed by atoms with Crippen LogP contribution in [0.2, 0.25) is 0 Å². The SMILES string of the molecule is CC(C)C[C@@H](O)CNC(=O)C[C@H]1C=CCC1. The Hall–Kier alpha value is -0.830. The Labute approximate surface area is 97.9 Å². The zero-order chi connectivity index (χ0) is 12.0. The minimum absolute atomic E-state index is 0.0550. The van der Waals surface area contributed by atoms with Crippen molar-refractivity contribution in [2.24, 2.45) is 11.8 Å². The normalized spacial score (nSPS) is 21.4. The van der Waals surface area contributed by atoms with Gasteiger partial charge >= 0.3 is 0 Å². The molecule has 0 saturated carbocycles. The molecule has 2 N–H and O–H groups in total. The molecule has 0 unspecified atom stereocenters. The fourth-order valence-corrected chi connectivity index (χ4v) is 2.03. The molecule has 1 aliphatic carbocycles. The molecule has 0 heterocycles. The number of carbonyl (C=O) groups is 1. The molecule has 0 aromatic carbocycles. The van der Waals surface area contributed by atoms with Crippen LogP contribution in [0.15, 0.2) is 12.2 Å². The molecule has 16 heavy (non-hydrogen) atoms. The van der Waals surface area contributed by atoms with Gasteiger partial charge < -0.3 is 10.4 Å². The average Bonchev–Trinajstić information content (AvgIpc) is 2.66. The summed E-state index contributed by atoms with van der Waals surface area (Å²) in [4.78, 5) is 11.5. The van der Waals surface area contributed by atoms with E-state index >= 15 is 0 Å². The molecule has 3 heteroatoms. The molecule has 0 aromatic heterocycles. The number of rotatable bonds is 6. The third-order valence-electron chi connectivity index (χ3n) is 2.84. The van der Waals surface area contributed by atoms with Crippen LogP contribution in [0.5, 0.6) is 0 Å². The van der Waals surface area contributed by atoms with Crippen molar-refractivity contribution in [2.45, 2.75) is 45.6 Å². The summed E-state index contributed by atoms with van der Waals surface area (Å²) in [6.07, 6.45) is 7.31. The Bertz CT molecular complexity index is 248. The van der Waals surface area contributed by atoms with Crippen molar-refractivity contribution < 1.29 is 9.90 Å². The minimum atomic E-state index is -0.414. The fourth-order valence-electron chi connectivity index (χ4n) is 2.03. The van der Waals surface area contributed by atoms with E-state index in [1.54, 1.807) is 0 Å². The average molecular weight is 225 g/mol.